The van der Waals surface area contributed by atoms with Crippen LogP contribution in [0.25, 0.3) is 5.69 Å². The normalized spacial score (nSPS) is 12.2. The summed E-state index contributed by atoms with van der Waals surface area (Å²) in [7, 11) is 3.89. The molecule has 0 radical (unpaired) electrons. The molecule has 1 atom stereocenters. The molecule has 1 aromatic heterocycles. The molecule has 0 fully saturated rings. The molecular formula is C25H30FN5O2S. The van der Waals surface area contributed by atoms with Gasteiger partial charge in [0, 0.05) is 23.4 Å². The highest BCUT2D eigenvalue weighted by atomic mass is 32.2. The van der Waals surface area contributed by atoms with Crippen molar-refractivity contribution in [2.24, 2.45) is 5.92 Å². The summed E-state index contributed by atoms with van der Waals surface area (Å²) in [5.41, 5.74) is 1.93. The lowest BCUT2D eigenvalue weighted by Crippen LogP contribution is -2.20. The molecule has 3 rings (SSSR count). The van der Waals surface area contributed by atoms with Crippen molar-refractivity contribution in [3.8, 4) is 5.69 Å². The van der Waals surface area contributed by atoms with E-state index in [9.17, 15) is 14.0 Å². The van der Waals surface area contributed by atoms with E-state index in [0.717, 1.165) is 5.69 Å². The predicted octanol–water partition coefficient (Wildman–Crippen LogP) is 4.99. The lowest BCUT2D eigenvalue weighted by Gasteiger charge is -2.20. The molecule has 7 nitrogen and oxygen atoms in total. The number of anilines is 1. The van der Waals surface area contributed by atoms with Crippen molar-refractivity contribution in [3.63, 3.8) is 0 Å². The van der Waals surface area contributed by atoms with E-state index in [1.165, 1.54) is 23.9 Å². The molecule has 0 bridgehead atoms. The Morgan fingerprint density at radius 1 is 1.03 bits per heavy atom. The number of thioether (sulfide) groups is 1. The molecule has 9 heteroatoms. The molecule has 2 aromatic carbocycles. The van der Waals surface area contributed by atoms with Crippen LogP contribution >= 0.6 is 11.8 Å². The first kappa shape index (κ1) is 25.6. The first-order valence-electron chi connectivity index (χ1n) is 11.1. The van der Waals surface area contributed by atoms with Crippen LogP contribution in [0.2, 0.25) is 0 Å². The van der Waals surface area contributed by atoms with Gasteiger partial charge in [0.1, 0.15) is 5.82 Å². The van der Waals surface area contributed by atoms with Crippen LogP contribution in [0.1, 0.15) is 49.4 Å². The number of hydrogen-bond donors (Lipinski definition) is 1. The van der Waals surface area contributed by atoms with Crippen molar-refractivity contribution in [3.05, 3.63) is 65.7 Å². The van der Waals surface area contributed by atoms with Crippen LogP contribution in [0.15, 0.2) is 53.7 Å². The van der Waals surface area contributed by atoms with Gasteiger partial charge in [0.15, 0.2) is 16.8 Å². The predicted molar refractivity (Wildman–Crippen MR) is 133 cm³/mol. The summed E-state index contributed by atoms with van der Waals surface area (Å²) >= 11 is 1.28. The van der Waals surface area contributed by atoms with Gasteiger partial charge in [0.2, 0.25) is 5.91 Å². The fourth-order valence-corrected chi connectivity index (χ4v) is 4.10. The average Bonchev–Trinajstić information content (AvgIpc) is 3.21. The van der Waals surface area contributed by atoms with Gasteiger partial charge in [-0.05, 0) is 75.5 Å². The van der Waals surface area contributed by atoms with Crippen LogP contribution in [0, 0.1) is 11.7 Å². The first-order valence-corrected chi connectivity index (χ1v) is 12.1. The second-order valence-electron chi connectivity index (χ2n) is 8.73. The van der Waals surface area contributed by atoms with Crippen LogP contribution in [0.4, 0.5) is 10.1 Å². The first-order chi connectivity index (χ1) is 16.2. The second kappa shape index (κ2) is 11.4. The number of carbonyl (C=O) groups is 2. The quantitative estimate of drug-likeness (QED) is 0.323. The zero-order valence-corrected chi connectivity index (χ0v) is 20.9. The highest BCUT2D eigenvalue weighted by Gasteiger charge is 2.22. The molecule has 0 spiro atoms. The average molecular weight is 484 g/mol. The summed E-state index contributed by atoms with van der Waals surface area (Å²) in [5.74, 6) is 0.694. The molecule has 1 amide bonds. The smallest absolute Gasteiger partial charge is 0.224 e. The van der Waals surface area contributed by atoms with Crippen molar-refractivity contribution < 1.29 is 14.0 Å². The highest BCUT2D eigenvalue weighted by molar-refractivity contribution is 7.99. The molecule has 180 valence electrons. The van der Waals surface area contributed by atoms with Crippen molar-refractivity contribution in [1.29, 1.82) is 0 Å². The monoisotopic (exact) mass is 483 g/mol. The molecule has 3 aromatic rings. The Labute approximate surface area is 203 Å². The van der Waals surface area contributed by atoms with Gasteiger partial charge < -0.3 is 5.32 Å². The van der Waals surface area contributed by atoms with Gasteiger partial charge >= 0.3 is 0 Å². The topological polar surface area (TPSA) is 80.1 Å². The number of carbonyl (C=O) groups excluding carboxylic acids is 2. The van der Waals surface area contributed by atoms with Crippen LogP contribution in [-0.4, -0.2) is 51.2 Å². The Bertz CT molecular complexity index is 1130. The number of rotatable bonds is 10. The second-order valence-corrected chi connectivity index (χ2v) is 9.67. The van der Waals surface area contributed by atoms with Gasteiger partial charge in [-0.2, -0.15) is 0 Å². The molecule has 34 heavy (non-hydrogen) atoms. The number of amides is 1. The minimum Gasteiger partial charge on any atom is -0.326 e. The zero-order chi connectivity index (χ0) is 24.8. The number of aromatic nitrogens is 3. The Hall–Kier alpha value is -3.04. The van der Waals surface area contributed by atoms with Crippen molar-refractivity contribution in [1.82, 2.24) is 19.7 Å². The minimum atomic E-state index is -0.327. The Morgan fingerprint density at radius 2 is 1.68 bits per heavy atom. The number of hydrogen-bond acceptors (Lipinski definition) is 6. The maximum atomic E-state index is 13.5. The third-order valence-electron chi connectivity index (χ3n) is 5.31. The number of nitrogens with zero attached hydrogens (tertiary/aromatic N) is 4. The summed E-state index contributed by atoms with van der Waals surface area (Å²) in [4.78, 5) is 26.8. The lowest BCUT2D eigenvalue weighted by molar-refractivity contribution is -0.116. The van der Waals surface area contributed by atoms with E-state index >= 15 is 0 Å². The van der Waals surface area contributed by atoms with Crippen LogP contribution in [0.3, 0.4) is 0 Å². The third kappa shape index (κ3) is 6.51. The van der Waals surface area contributed by atoms with Gasteiger partial charge in [0.25, 0.3) is 0 Å². The Morgan fingerprint density at radius 3 is 2.26 bits per heavy atom. The molecule has 0 unspecified atom stereocenters. The van der Waals surface area contributed by atoms with E-state index in [1.807, 2.05) is 44.3 Å². The number of benzene rings is 2. The molecule has 1 heterocycles. The Kier molecular flexibility index (Phi) is 8.57. The largest absolute Gasteiger partial charge is 0.326 e. The van der Waals surface area contributed by atoms with E-state index in [4.69, 9.17) is 0 Å². The third-order valence-corrected chi connectivity index (χ3v) is 6.24. The number of nitrogens with one attached hydrogen (secondary N) is 1. The van der Waals surface area contributed by atoms with Gasteiger partial charge in [-0.25, -0.2) is 4.39 Å². The molecule has 0 aliphatic carbocycles. The summed E-state index contributed by atoms with van der Waals surface area (Å²) in [6.45, 7) is 5.98. The fourth-order valence-electron chi connectivity index (χ4n) is 3.24. The Balaban J connectivity index is 1.74. The van der Waals surface area contributed by atoms with E-state index in [0.29, 0.717) is 28.7 Å². The molecule has 0 aliphatic rings. The fraction of sp³-hybridized carbons (Fsp3) is 0.360. The number of ketones is 1. The van der Waals surface area contributed by atoms with Crippen LogP contribution < -0.4 is 5.32 Å². The van der Waals surface area contributed by atoms with Crippen LogP contribution in [-0.2, 0) is 4.79 Å². The van der Waals surface area contributed by atoms with Crippen LogP contribution in [0.5, 0.6) is 0 Å². The summed E-state index contributed by atoms with van der Waals surface area (Å²) < 4.78 is 15.3. The standard InChI is InChI=1S/C25H30FN5O2S/c1-16(2)14-23(33)27-20-10-6-18(7-11-20)22(32)15-34-25-29-28-24(17(3)30(4)5)31(25)21-12-8-19(26)9-13-21/h6-13,16-17H,14-15H2,1-5H3,(H,27,33)/t17-/m1/s1. The van der Waals surface area contributed by atoms with Gasteiger partial charge in [-0.15, -0.1) is 10.2 Å². The molecule has 0 aliphatic heterocycles. The van der Waals surface area contributed by atoms with Gasteiger partial charge in [-0.1, -0.05) is 25.6 Å². The van der Waals surface area contributed by atoms with Gasteiger partial charge in [0.05, 0.1) is 11.8 Å². The van der Waals surface area contributed by atoms with E-state index in [-0.39, 0.29) is 35.2 Å². The SMILES string of the molecule is CC(C)CC(=O)Nc1ccc(C(=O)CSc2nnc([C@@H](C)N(C)C)n2-c2ccc(F)cc2)cc1. The molecule has 0 saturated heterocycles. The van der Waals surface area contributed by atoms with Crippen molar-refractivity contribution >= 4 is 29.1 Å². The lowest BCUT2D eigenvalue weighted by atomic mass is 10.1. The molecule has 1 N–H and O–H groups in total. The maximum absolute atomic E-state index is 13.5. The summed E-state index contributed by atoms with van der Waals surface area (Å²) in [5, 5.41) is 12.1. The zero-order valence-electron chi connectivity index (χ0n) is 20.1. The number of Topliss-reactive ketones (excluding diaryl/α,β-unsaturated/α-hetero) is 1. The van der Waals surface area contributed by atoms with E-state index < -0.39 is 0 Å². The molecular weight excluding hydrogens is 453 g/mol. The van der Waals surface area contributed by atoms with Crippen molar-refractivity contribution in [2.45, 2.75) is 38.4 Å². The van der Waals surface area contributed by atoms with E-state index in [1.54, 1.807) is 36.4 Å². The summed E-state index contributed by atoms with van der Waals surface area (Å²) in [6.07, 6.45) is 0.445. The van der Waals surface area contributed by atoms with E-state index in [2.05, 4.69) is 15.5 Å². The highest BCUT2D eigenvalue weighted by Crippen LogP contribution is 2.27. The molecule has 0 saturated carbocycles. The maximum Gasteiger partial charge on any atom is 0.224 e. The van der Waals surface area contributed by atoms with Crippen molar-refractivity contribution in [2.75, 3.05) is 25.2 Å². The van der Waals surface area contributed by atoms with Gasteiger partial charge in [-0.3, -0.25) is 19.1 Å². The summed E-state index contributed by atoms with van der Waals surface area (Å²) in [6, 6.07) is 13.0. The number of halogens is 1. The minimum absolute atomic E-state index is 0.0407.